The number of amides is 1. The Bertz CT molecular complexity index is 591. The number of carbonyl (C=O) groups is 1. The number of benzene rings is 1. The van der Waals surface area contributed by atoms with Crippen LogP contribution in [0.25, 0.3) is 0 Å². The maximum atomic E-state index is 13.8. The lowest BCUT2D eigenvalue weighted by atomic mass is 10.1. The van der Waals surface area contributed by atoms with Crippen LogP contribution in [0.5, 0.6) is 0 Å². The van der Waals surface area contributed by atoms with Crippen molar-refractivity contribution in [1.29, 1.82) is 0 Å². The molecule has 21 heavy (non-hydrogen) atoms. The second-order valence-electron chi connectivity index (χ2n) is 4.50. The van der Waals surface area contributed by atoms with E-state index in [9.17, 15) is 13.6 Å². The van der Waals surface area contributed by atoms with Gasteiger partial charge in [0.05, 0.1) is 6.54 Å². The van der Waals surface area contributed by atoms with E-state index in [0.717, 1.165) is 23.4 Å². The van der Waals surface area contributed by atoms with Gasteiger partial charge in [-0.3, -0.25) is 4.79 Å². The van der Waals surface area contributed by atoms with Gasteiger partial charge in [0, 0.05) is 17.0 Å². The van der Waals surface area contributed by atoms with Crippen LogP contribution in [0.3, 0.4) is 0 Å². The standard InChI is InChI=1S/C15H16F2N2OS/c1-2-5-18-14-12(16)7-10(8-13(14)17)15(20)19-9-11-4-3-6-21-11/h3-4,6-8,18H,2,5,9H2,1H3,(H,19,20). The minimum atomic E-state index is -0.760. The van der Waals surface area contributed by atoms with Gasteiger partial charge in [0.25, 0.3) is 5.91 Å². The van der Waals surface area contributed by atoms with Crippen molar-refractivity contribution in [3.8, 4) is 0 Å². The third-order valence-corrected chi connectivity index (χ3v) is 3.74. The molecule has 0 spiro atoms. The number of hydrogen-bond acceptors (Lipinski definition) is 3. The van der Waals surface area contributed by atoms with Crippen LogP contribution in [-0.4, -0.2) is 12.5 Å². The van der Waals surface area contributed by atoms with Crippen LogP contribution < -0.4 is 10.6 Å². The van der Waals surface area contributed by atoms with Gasteiger partial charge in [-0.25, -0.2) is 8.78 Å². The Morgan fingerprint density at radius 1 is 1.29 bits per heavy atom. The SMILES string of the molecule is CCCNc1c(F)cc(C(=O)NCc2cccs2)cc1F. The molecule has 2 N–H and O–H groups in total. The summed E-state index contributed by atoms with van der Waals surface area (Å²) in [5.41, 5.74) is -0.213. The maximum Gasteiger partial charge on any atom is 0.251 e. The topological polar surface area (TPSA) is 41.1 Å². The van der Waals surface area contributed by atoms with Gasteiger partial charge in [0.15, 0.2) is 0 Å². The maximum absolute atomic E-state index is 13.8. The van der Waals surface area contributed by atoms with E-state index < -0.39 is 17.5 Å². The lowest BCUT2D eigenvalue weighted by molar-refractivity contribution is 0.0950. The third kappa shape index (κ3) is 4.01. The van der Waals surface area contributed by atoms with Crippen LogP contribution in [0.2, 0.25) is 0 Å². The summed E-state index contributed by atoms with van der Waals surface area (Å²) < 4.78 is 27.7. The van der Waals surface area contributed by atoms with Crippen LogP contribution in [0, 0.1) is 11.6 Å². The number of hydrogen-bond donors (Lipinski definition) is 2. The summed E-state index contributed by atoms with van der Waals surface area (Å²) >= 11 is 1.51. The number of halogens is 2. The summed E-state index contributed by atoms with van der Waals surface area (Å²) in [6, 6.07) is 5.85. The number of anilines is 1. The molecule has 0 aliphatic rings. The Labute approximate surface area is 126 Å². The average molecular weight is 310 g/mol. The average Bonchev–Trinajstić information content (AvgIpc) is 2.97. The van der Waals surface area contributed by atoms with Crippen molar-refractivity contribution in [3.63, 3.8) is 0 Å². The highest BCUT2D eigenvalue weighted by Gasteiger charge is 2.14. The molecule has 2 rings (SSSR count). The van der Waals surface area contributed by atoms with Gasteiger partial charge in [-0.15, -0.1) is 11.3 Å². The van der Waals surface area contributed by atoms with Crippen LogP contribution in [-0.2, 0) is 6.54 Å². The first-order chi connectivity index (χ1) is 10.1. The number of thiophene rings is 1. The molecule has 1 amide bonds. The second-order valence-corrected chi connectivity index (χ2v) is 5.54. The first-order valence-corrected chi connectivity index (χ1v) is 7.53. The monoisotopic (exact) mass is 310 g/mol. The molecule has 0 radical (unpaired) electrons. The molecule has 2 aromatic rings. The molecule has 112 valence electrons. The highest BCUT2D eigenvalue weighted by atomic mass is 32.1. The molecule has 0 fully saturated rings. The second kappa shape index (κ2) is 7.17. The molecule has 1 heterocycles. The van der Waals surface area contributed by atoms with Crippen molar-refractivity contribution in [1.82, 2.24) is 5.32 Å². The number of nitrogens with one attached hydrogen (secondary N) is 2. The van der Waals surface area contributed by atoms with E-state index in [-0.39, 0.29) is 11.3 Å². The molecule has 0 atom stereocenters. The number of carbonyl (C=O) groups excluding carboxylic acids is 1. The fourth-order valence-corrected chi connectivity index (χ4v) is 2.45. The van der Waals surface area contributed by atoms with Crippen LogP contribution in [0.1, 0.15) is 28.6 Å². The van der Waals surface area contributed by atoms with E-state index in [1.54, 1.807) is 0 Å². The molecule has 0 unspecified atom stereocenters. The van der Waals surface area contributed by atoms with E-state index in [4.69, 9.17) is 0 Å². The van der Waals surface area contributed by atoms with Crippen molar-refractivity contribution < 1.29 is 13.6 Å². The predicted molar refractivity (Wildman–Crippen MR) is 80.6 cm³/mol. The summed E-state index contributed by atoms with van der Waals surface area (Å²) in [6.45, 7) is 2.71. The fourth-order valence-electron chi connectivity index (χ4n) is 1.81. The molecule has 3 nitrogen and oxygen atoms in total. The molecular formula is C15H16F2N2OS. The summed E-state index contributed by atoms with van der Waals surface area (Å²) in [4.78, 5) is 12.9. The van der Waals surface area contributed by atoms with Gasteiger partial charge in [0.1, 0.15) is 17.3 Å². The van der Waals surface area contributed by atoms with Crippen molar-refractivity contribution in [2.24, 2.45) is 0 Å². The quantitative estimate of drug-likeness (QED) is 0.852. The number of rotatable bonds is 6. The summed E-state index contributed by atoms with van der Waals surface area (Å²) in [5.74, 6) is -2.02. The van der Waals surface area contributed by atoms with Crippen LogP contribution >= 0.6 is 11.3 Å². The minimum absolute atomic E-state index is 0.0244. The van der Waals surface area contributed by atoms with Gasteiger partial charge < -0.3 is 10.6 Å². The van der Waals surface area contributed by atoms with Crippen molar-refractivity contribution in [2.45, 2.75) is 19.9 Å². The van der Waals surface area contributed by atoms with E-state index in [0.29, 0.717) is 13.1 Å². The Kier molecular flexibility index (Phi) is 5.27. The fraction of sp³-hybridized carbons (Fsp3) is 0.267. The van der Waals surface area contributed by atoms with E-state index in [2.05, 4.69) is 10.6 Å². The normalized spacial score (nSPS) is 10.4. The van der Waals surface area contributed by atoms with E-state index in [1.807, 2.05) is 24.4 Å². The van der Waals surface area contributed by atoms with E-state index in [1.165, 1.54) is 11.3 Å². The highest BCUT2D eigenvalue weighted by molar-refractivity contribution is 7.09. The van der Waals surface area contributed by atoms with Crippen LogP contribution in [0.4, 0.5) is 14.5 Å². The van der Waals surface area contributed by atoms with Gasteiger partial charge >= 0.3 is 0 Å². The van der Waals surface area contributed by atoms with Crippen molar-refractivity contribution >= 4 is 22.9 Å². The third-order valence-electron chi connectivity index (χ3n) is 2.86. The lowest BCUT2D eigenvalue weighted by Gasteiger charge is -2.10. The first kappa shape index (κ1) is 15.4. The molecule has 0 bridgehead atoms. The van der Waals surface area contributed by atoms with Gasteiger partial charge in [-0.05, 0) is 30.0 Å². The Hall–Kier alpha value is -1.95. The molecule has 1 aromatic carbocycles. The summed E-state index contributed by atoms with van der Waals surface area (Å²) in [5, 5.41) is 7.21. The van der Waals surface area contributed by atoms with Crippen molar-refractivity contribution in [2.75, 3.05) is 11.9 Å². The Morgan fingerprint density at radius 3 is 2.57 bits per heavy atom. The lowest BCUT2D eigenvalue weighted by Crippen LogP contribution is -2.23. The Balaban J connectivity index is 2.07. The van der Waals surface area contributed by atoms with Gasteiger partial charge in [-0.2, -0.15) is 0 Å². The molecule has 0 aliphatic heterocycles. The summed E-state index contributed by atoms with van der Waals surface area (Å²) in [6.07, 6.45) is 0.752. The molecular weight excluding hydrogens is 294 g/mol. The Morgan fingerprint density at radius 2 is 2.00 bits per heavy atom. The smallest absolute Gasteiger partial charge is 0.251 e. The van der Waals surface area contributed by atoms with Gasteiger partial charge in [0.2, 0.25) is 0 Å². The van der Waals surface area contributed by atoms with Gasteiger partial charge in [-0.1, -0.05) is 13.0 Å². The van der Waals surface area contributed by atoms with Crippen molar-refractivity contribution in [3.05, 3.63) is 51.7 Å². The minimum Gasteiger partial charge on any atom is -0.380 e. The highest BCUT2D eigenvalue weighted by Crippen LogP contribution is 2.21. The first-order valence-electron chi connectivity index (χ1n) is 6.65. The van der Waals surface area contributed by atoms with Crippen LogP contribution in [0.15, 0.2) is 29.6 Å². The zero-order chi connectivity index (χ0) is 15.2. The van der Waals surface area contributed by atoms with E-state index >= 15 is 0 Å². The zero-order valence-corrected chi connectivity index (χ0v) is 12.4. The predicted octanol–water partition coefficient (Wildman–Crippen LogP) is 3.78. The largest absolute Gasteiger partial charge is 0.380 e. The molecule has 0 aliphatic carbocycles. The molecule has 0 saturated heterocycles. The molecule has 0 saturated carbocycles. The zero-order valence-electron chi connectivity index (χ0n) is 11.6. The molecule has 1 aromatic heterocycles. The summed E-state index contributed by atoms with van der Waals surface area (Å²) in [7, 11) is 0. The molecule has 6 heteroatoms.